The highest BCUT2D eigenvalue weighted by atomic mass is 16.1. The van der Waals surface area contributed by atoms with E-state index in [1.54, 1.807) is 12.4 Å². The molecule has 0 aliphatic rings. The van der Waals surface area contributed by atoms with E-state index >= 15 is 0 Å². The molecule has 0 aromatic carbocycles. The van der Waals surface area contributed by atoms with Gasteiger partial charge in [-0.05, 0) is 37.6 Å². The van der Waals surface area contributed by atoms with Crippen molar-refractivity contribution >= 4 is 5.78 Å². The van der Waals surface area contributed by atoms with Crippen molar-refractivity contribution in [3.63, 3.8) is 0 Å². The molecule has 0 N–H and O–H groups in total. The normalized spacial score (nSPS) is 10.2. The molecule has 0 bridgehead atoms. The first-order valence-corrected chi connectivity index (χ1v) is 5.53. The van der Waals surface area contributed by atoms with Crippen molar-refractivity contribution in [2.75, 3.05) is 0 Å². The lowest BCUT2D eigenvalue weighted by Crippen LogP contribution is -2.07. The van der Waals surface area contributed by atoms with Gasteiger partial charge in [0.05, 0.1) is 0 Å². The summed E-state index contributed by atoms with van der Waals surface area (Å²) in [5.41, 5.74) is 3.34. The van der Waals surface area contributed by atoms with E-state index in [9.17, 15) is 4.79 Å². The minimum atomic E-state index is 0.0861. The van der Waals surface area contributed by atoms with Gasteiger partial charge in [0.1, 0.15) is 0 Å². The molecule has 0 saturated heterocycles. The maximum Gasteiger partial charge on any atom is 0.169 e. The maximum absolute atomic E-state index is 12.1. The summed E-state index contributed by atoms with van der Waals surface area (Å²) in [4.78, 5) is 20.4. The summed E-state index contributed by atoms with van der Waals surface area (Å²) >= 11 is 0. The number of rotatable bonds is 3. The second kappa shape index (κ2) is 4.87. The fraction of sp³-hybridized carbons (Fsp3) is 0.214. The first-order valence-electron chi connectivity index (χ1n) is 5.53. The Morgan fingerprint density at radius 1 is 1.24 bits per heavy atom. The SMILES string of the molecule is Cc1ccc(C(=O)Cc2cccnc2)c(C)n1. The van der Waals surface area contributed by atoms with Crippen LogP contribution in [-0.2, 0) is 6.42 Å². The highest BCUT2D eigenvalue weighted by Gasteiger charge is 2.10. The van der Waals surface area contributed by atoms with E-state index in [0.29, 0.717) is 12.0 Å². The van der Waals surface area contributed by atoms with E-state index in [-0.39, 0.29) is 5.78 Å². The second-order valence-electron chi connectivity index (χ2n) is 4.05. The van der Waals surface area contributed by atoms with Crippen LogP contribution in [0.15, 0.2) is 36.7 Å². The van der Waals surface area contributed by atoms with Crippen molar-refractivity contribution in [3.8, 4) is 0 Å². The molecule has 86 valence electrons. The Morgan fingerprint density at radius 2 is 2.06 bits per heavy atom. The Bertz CT molecular complexity index is 535. The number of pyridine rings is 2. The predicted molar refractivity (Wildman–Crippen MR) is 66.0 cm³/mol. The molecular weight excluding hydrogens is 212 g/mol. The predicted octanol–water partition coefficient (Wildman–Crippen LogP) is 2.52. The van der Waals surface area contributed by atoms with Gasteiger partial charge in [-0.2, -0.15) is 0 Å². The highest BCUT2D eigenvalue weighted by molar-refractivity contribution is 5.98. The Hall–Kier alpha value is -2.03. The quantitative estimate of drug-likeness (QED) is 0.755. The lowest BCUT2D eigenvalue weighted by atomic mass is 10.0. The fourth-order valence-corrected chi connectivity index (χ4v) is 1.76. The molecule has 0 aliphatic heterocycles. The molecule has 0 aliphatic carbocycles. The summed E-state index contributed by atoms with van der Waals surface area (Å²) in [6.45, 7) is 3.78. The van der Waals surface area contributed by atoms with Crippen molar-refractivity contribution in [2.24, 2.45) is 0 Å². The van der Waals surface area contributed by atoms with Gasteiger partial charge in [0.15, 0.2) is 5.78 Å². The number of hydrogen-bond donors (Lipinski definition) is 0. The Kier molecular flexibility index (Phi) is 3.28. The zero-order valence-electron chi connectivity index (χ0n) is 9.97. The van der Waals surface area contributed by atoms with Crippen LogP contribution >= 0.6 is 0 Å². The summed E-state index contributed by atoms with van der Waals surface area (Å²) in [6, 6.07) is 7.45. The molecule has 0 radical (unpaired) electrons. The molecule has 0 spiro atoms. The fourth-order valence-electron chi connectivity index (χ4n) is 1.76. The van der Waals surface area contributed by atoms with Crippen LogP contribution in [0, 0.1) is 13.8 Å². The number of carbonyl (C=O) groups is 1. The van der Waals surface area contributed by atoms with Gasteiger partial charge >= 0.3 is 0 Å². The largest absolute Gasteiger partial charge is 0.294 e. The lowest BCUT2D eigenvalue weighted by Gasteiger charge is -2.05. The van der Waals surface area contributed by atoms with Crippen LogP contribution in [0.4, 0.5) is 0 Å². The molecule has 0 fully saturated rings. The third kappa shape index (κ3) is 2.75. The van der Waals surface area contributed by atoms with Gasteiger partial charge in [0, 0.05) is 35.8 Å². The van der Waals surface area contributed by atoms with E-state index in [1.165, 1.54) is 0 Å². The zero-order chi connectivity index (χ0) is 12.3. The van der Waals surface area contributed by atoms with Crippen LogP contribution in [0.25, 0.3) is 0 Å². The zero-order valence-corrected chi connectivity index (χ0v) is 9.97. The first kappa shape index (κ1) is 11.5. The average molecular weight is 226 g/mol. The van der Waals surface area contributed by atoms with Crippen LogP contribution < -0.4 is 0 Å². The van der Waals surface area contributed by atoms with Crippen molar-refractivity contribution in [1.29, 1.82) is 0 Å². The maximum atomic E-state index is 12.1. The third-order valence-corrected chi connectivity index (χ3v) is 2.61. The number of Topliss-reactive ketones (excluding diaryl/α,β-unsaturated/α-hetero) is 1. The van der Waals surface area contributed by atoms with Crippen LogP contribution in [0.5, 0.6) is 0 Å². The molecule has 2 aromatic rings. The van der Waals surface area contributed by atoms with Crippen LogP contribution in [0.2, 0.25) is 0 Å². The van der Waals surface area contributed by atoms with E-state index in [2.05, 4.69) is 9.97 Å². The standard InChI is InChI=1S/C14H14N2O/c1-10-5-6-13(11(2)16-10)14(17)8-12-4-3-7-15-9-12/h3-7,9H,8H2,1-2H3. The molecule has 0 saturated carbocycles. The van der Waals surface area contributed by atoms with E-state index in [1.807, 2.05) is 38.1 Å². The molecule has 3 nitrogen and oxygen atoms in total. The van der Waals surface area contributed by atoms with Gasteiger partial charge in [0.2, 0.25) is 0 Å². The van der Waals surface area contributed by atoms with Gasteiger partial charge < -0.3 is 0 Å². The van der Waals surface area contributed by atoms with Gasteiger partial charge in [-0.15, -0.1) is 0 Å². The average Bonchev–Trinajstić information content (AvgIpc) is 2.30. The highest BCUT2D eigenvalue weighted by Crippen LogP contribution is 2.10. The molecule has 0 amide bonds. The van der Waals surface area contributed by atoms with Crippen LogP contribution in [-0.4, -0.2) is 15.8 Å². The minimum Gasteiger partial charge on any atom is -0.294 e. The van der Waals surface area contributed by atoms with E-state index in [4.69, 9.17) is 0 Å². The second-order valence-corrected chi connectivity index (χ2v) is 4.05. The van der Waals surface area contributed by atoms with Gasteiger partial charge in [0.25, 0.3) is 0 Å². The summed E-state index contributed by atoms with van der Waals surface area (Å²) in [6.07, 6.45) is 3.79. The summed E-state index contributed by atoms with van der Waals surface area (Å²) < 4.78 is 0. The van der Waals surface area contributed by atoms with E-state index in [0.717, 1.165) is 17.0 Å². The summed E-state index contributed by atoms with van der Waals surface area (Å²) in [5, 5.41) is 0. The number of aryl methyl sites for hydroxylation is 2. The Balaban J connectivity index is 2.21. The molecule has 2 heterocycles. The number of hydrogen-bond acceptors (Lipinski definition) is 3. The first-order chi connectivity index (χ1) is 8.16. The van der Waals surface area contributed by atoms with Gasteiger partial charge in [-0.3, -0.25) is 14.8 Å². The van der Waals surface area contributed by atoms with Crippen molar-refractivity contribution in [2.45, 2.75) is 20.3 Å². The number of carbonyl (C=O) groups excluding carboxylic acids is 1. The Morgan fingerprint density at radius 3 is 2.71 bits per heavy atom. The lowest BCUT2D eigenvalue weighted by molar-refractivity contribution is 0.0992. The van der Waals surface area contributed by atoms with E-state index < -0.39 is 0 Å². The molecule has 17 heavy (non-hydrogen) atoms. The summed E-state index contributed by atoms with van der Waals surface area (Å²) in [7, 11) is 0. The van der Waals surface area contributed by atoms with Crippen molar-refractivity contribution in [1.82, 2.24) is 9.97 Å². The summed E-state index contributed by atoms with van der Waals surface area (Å²) in [5.74, 6) is 0.0861. The van der Waals surface area contributed by atoms with Crippen molar-refractivity contribution < 1.29 is 4.79 Å². The monoisotopic (exact) mass is 226 g/mol. The molecule has 0 unspecified atom stereocenters. The van der Waals surface area contributed by atoms with Crippen LogP contribution in [0.3, 0.4) is 0 Å². The van der Waals surface area contributed by atoms with Crippen LogP contribution in [0.1, 0.15) is 27.3 Å². The topological polar surface area (TPSA) is 42.9 Å². The van der Waals surface area contributed by atoms with Crippen molar-refractivity contribution in [3.05, 3.63) is 59.2 Å². The molecule has 3 heteroatoms. The Labute approximate surface area is 101 Å². The third-order valence-electron chi connectivity index (χ3n) is 2.61. The number of aromatic nitrogens is 2. The smallest absolute Gasteiger partial charge is 0.169 e. The molecule has 2 rings (SSSR count). The van der Waals surface area contributed by atoms with Gasteiger partial charge in [-0.1, -0.05) is 6.07 Å². The minimum absolute atomic E-state index is 0.0861. The molecule has 0 atom stereocenters. The number of nitrogens with zero attached hydrogens (tertiary/aromatic N) is 2. The number of ketones is 1. The van der Waals surface area contributed by atoms with Gasteiger partial charge in [-0.25, -0.2) is 0 Å². The molecular formula is C14H14N2O. The molecule has 2 aromatic heterocycles.